The van der Waals surface area contributed by atoms with Crippen molar-refractivity contribution in [3.05, 3.63) is 12.2 Å². The first-order valence-corrected chi connectivity index (χ1v) is 25.4. The van der Waals surface area contributed by atoms with E-state index in [1.165, 1.54) is 244 Å². The van der Waals surface area contributed by atoms with Crippen molar-refractivity contribution in [3.63, 3.8) is 0 Å². The van der Waals surface area contributed by atoms with Crippen molar-refractivity contribution >= 4 is 5.91 Å². The molecule has 0 aliphatic carbocycles. The monoisotopic (exact) mass is 776 g/mol. The third-order valence-electron chi connectivity index (χ3n) is 12.0. The van der Waals surface area contributed by atoms with Crippen LogP contribution in [0.25, 0.3) is 0 Å². The van der Waals surface area contributed by atoms with Crippen LogP contribution in [0.4, 0.5) is 0 Å². The van der Waals surface area contributed by atoms with Gasteiger partial charge in [0.1, 0.15) is 0 Å². The first kappa shape index (κ1) is 54.1. The molecule has 0 rings (SSSR count). The number of unbranched alkanes of at least 4 members (excludes halogenated alkanes) is 40. The van der Waals surface area contributed by atoms with Crippen LogP contribution in [-0.2, 0) is 4.79 Å². The summed E-state index contributed by atoms with van der Waals surface area (Å²) in [6.45, 7) is 4.31. The van der Waals surface area contributed by atoms with Crippen molar-refractivity contribution in [2.24, 2.45) is 0 Å². The quantitative estimate of drug-likeness (QED) is 0.0426. The van der Waals surface area contributed by atoms with Gasteiger partial charge in [-0.25, -0.2) is 0 Å². The first-order valence-electron chi connectivity index (χ1n) is 25.4. The molecule has 0 heterocycles. The summed E-state index contributed by atoms with van der Waals surface area (Å²) in [5.74, 6) is -0.0599. The Hall–Kier alpha value is -0.870. The van der Waals surface area contributed by atoms with Gasteiger partial charge in [-0.15, -0.1) is 0 Å². The topological polar surface area (TPSA) is 69.6 Å². The van der Waals surface area contributed by atoms with E-state index >= 15 is 0 Å². The predicted molar refractivity (Wildman–Crippen MR) is 244 cm³/mol. The molecule has 328 valence electrons. The average Bonchev–Trinajstić information content (AvgIpc) is 3.19. The van der Waals surface area contributed by atoms with Crippen LogP contribution < -0.4 is 5.32 Å². The summed E-state index contributed by atoms with van der Waals surface area (Å²) >= 11 is 0. The van der Waals surface area contributed by atoms with Gasteiger partial charge in [0.15, 0.2) is 0 Å². The van der Waals surface area contributed by atoms with E-state index in [4.69, 9.17) is 0 Å². The lowest BCUT2D eigenvalue weighted by Crippen LogP contribution is -2.45. The molecule has 0 aromatic carbocycles. The molecule has 0 aliphatic rings. The minimum atomic E-state index is -0.832. The molecule has 55 heavy (non-hydrogen) atoms. The van der Waals surface area contributed by atoms with Crippen LogP contribution in [0.2, 0.25) is 0 Å². The van der Waals surface area contributed by atoms with Crippen molar-refractivity contribution < 1.29 is 15.0 Å². The maximum Gasteiger partial charge on any atom is 0.220 e. The molecule has 4 heteroatoms. The fraction of sp³-hybridized carbons (Fsp3) is 0.941. The van der Waals surface area contributed by atoms with Crippen LogP contribution >= 0.6 is 0 Å². The van der Waals surface area contributed by atoms with Gasteiger partial charge < -0.3 is 15.5 Å². The standard InChI is InChI=1S/C51H101NO3/c1-3-5-7-9-11-13-15-16-17-18-19-20-21-22-23-24-25-26-27-28-29-30-31-32-33-34-35-36-37-39-41-43-45-47-51(55)52-49(48-53)50(54)46-44-42-40-38-14-12-10-8-6-4-2/h44,46,49-50,53-54H,3-43,45,47-48H2,1-2H3,(H,52,55)/b46-44+. The molecule has 4 nitrogen and oxygen atoms in total. The fourth-order valence-electron chi connectivity index (χ4n) is 8.12. The van der Waals surface area contributed by atoms with Crippen molar-refractivity contribution in [1.82, 2.24) is 5.32 Å². The summed E-state index contributed by atoms with van der Waals surface area (Å²) < 4.78 is 0. The third-order valence-corrected chi connectivity index (χ3v) is 12.0. The molecular weight excluding hydrogens is 675 g/mol. The predicted octanol–water partition coefficient (Wildman–Crippen LogP) is 16.2. The molecule has 2 unspecified atom stereocenters. The summed E-state index contributed by atoms with van der Waals surface area (Å²) in [5.41, 5.74) is 0. The van der Waals surface area contributed by atoms with Gasteiger partial charge >= 0.3 is 0 Å². The number of allylic oxidation sites excluding steroid dienone is 1. The van der Waals surface area contributed by atoms with E-state index < -0.39 is 12.1 Å². The summed E-state index contributed by atoms with van der Waals surface area (Å²) in [4.78, 5) is 12.4. The SMILES string of the molecule is CCCCCCCCCC/C=C/C(O)C(CO)NC(=O)CCCCCCCCCCCCCCCCCCCCCCCCCCCCCCCCCCC. The fourth-order valence-corrected chi connectivity index (χ4v) is 8.12. The molecular formula is C51H101NO3. The zero-order valence-electron chi connectivity index (χ0n) is 37.7. The number of nitrogens with one attached hydrogen (secondary N) is 1. The summed E-state index contributed by atoms with van der Waals surface area (Å²) in [5, 5.41) is 22.9. The van der Waals surface area contributed by atoms with Crippen LogP contribution in [0.3, 0.4) is 0 Å². The smallest absolute Gasteiger partial charge is 0.220 e. The van der Waals surface area contributed by atoms with Gasteiger partial charge in [0.25, 0.3) is 0 Å². The molecule has 0 saturated carbocycles. The second kappa shape index (κ2) is 47.5. The van der Waals surface area contributed by atoms with Gasteiger partial charge in [-0.05, 0) is 19.3 Å². The normalized spacial score (nSPS) is 12.9. The maximum atomic E-state index is 12.4. The van der Waals surface area contributed by atoms with Crippen LogP contribution in [0, 0.1) is 0 Å². The van der Waals surface area contributed by atoms with E-state index in [9.17, 15) is 15.0 Å². The Morgan fingerprint density at radius 3 is 0.945 bits per heavy atom. The number of aliphatic hydroxyl groups is 2. The Morgan fingerprint density at radius 2 is 0.673 bits per heavy atom. The third kappa shape index (κ3) is 44.1. The lowest BCUT2D eigenvalue weighted by atomic mass is 10.0. The Labute approximate surface area is 346 Å². The highest BCUT2D eigenvalue weighted by atomic mass is 16.3. The highest BCUT2D eigenvalue weighted by molar-refractivity contribution is 5.76. The molecule has 0 aromatic rings. The molecule has 1 amide bonds. The van der Waals surface area contributed by atoms with Crippen molar-refractivity contribution in [3.8, 4) is 0 Å². The van der Waals surface area contributed by atoms with Crippen LogP contribution in [-0.4, -0.2) is 34.9 Å². The second-order valence-electron chi connectivity index (χ2n) is 17.6. The summed E-state index contributed by atoms with van der Waals surface area (Å²) in [6.07, 6.45) is 60.9. The highest BCUT2D eigenvalue weighted by Crippen LogP contribution is 2.17. The van der Waals surface area contributed by atoms with E-state index in [1.807, 2.05) is 6.08 Å². The largest absolute Gasteiger partial charge is 0.394 e. The lowest BCUT2D eigenvalue weighted by molar-refractivity contribution is -0.123. The minimum Gasteiger partial charge on any atom is -0.394 e. The van der Waals surface area contributed by atoms with Crippen LogP contribution in [0.1, 0.15) is 290 Å². The van der Waals surface area contributed by atoms with E-state index in [0.29, 0.717) is 6.42 Å². The first-order chi connectivity index (χ1) is 27.2. The molecule has 0 bridgehead atoms. The number of amides is 1. The Morgan fingerprint density at radius 1 is 0.418 bits per heavy atom. The number of carbonyl (C=O) groups excluding carboxylic acids is 1. The number of carbonyl (C=O) groups is 1. The highest BCUT2D eigenvalue weighted by Gasteiger charge is 2.18. The van der Waals surface area contributed by atoms with Gasteiger partial charge in [0.2, 0.25) is 5.91 Å². The van der Waals surface area contributed by atoms with E-state index in [0.717, 1.165) is 25.7 Å². The van der Waals surface area contributed by atoms with Crippen molar-refractivity contribution in [2.45, 2.75) is 302 Å². The van der Waals surface area contributed by atoms with Gasteiger partial charge in [0.05, 0.1) is 18.8 Å². The molecule has 0 radical (unpaired) electrons. The minimum absolute atomic E-state index is 0.0599. The van der Waals surface area contributed by atoms with E-state index in [-0.39, 0.29) is 12.5 Å². The molecule has 0 spiro atoms. The zero-order valence-corrected chi connectivity index (χ0v) is 37.7. The number of aliphatic hydroxyl groups excluding tert-OH is 2. The Bertz CT molecular complexity index is 754. The van der Waals surface area contributed by atoms with Crippen LogP contribution in [0.15, 0.2) is 12.2 Å². The molecule has 0 aromatic heterocycles. The van der Waals surface area contributed by atoms with E-state index in [1.54, 1.807) is 6.08 Å². The van der Waals surface area contributed by atoms with Gasteiger partial charge in [-0.2, -0.15) is 0 Å². The van der Waals surface area contributed by atoms with Crippen LogP contribution in [0.5, 0.6) is 0 Å². The number of hydrogen-bond acceptors (Lipinski definition) is 3. The Balaban J connectivity index is 3.35. The summed E-state index contributed by atoms with van der Waals surface area (Å²) in [7, 11) is 0. The maximum absolute atomic E-state index is 12.4. The summed E-state index contributed by atoms with van der Waals surface area (Å²) in [6, 6.07) is -0.615. The molecule has 0 saturated heterocycles. The Kier molecular flexibility index (Phi) is 46.8. The zero-order chi connectivity index (χ0) is 40.0. The molecule has 0 aliphatic heterocycles. The van der Waals surface area contributed by atoms with Gasteiger partial charge in [0, 0.05) is 6.42 Å². The molecule has 0 fully saturated rings. The number of hydrogen-bond donors (Lipinski definition) is 3. The van der Waals surface area contributed by atoms with E-state index in [2.05, 4.69) is 19.2 Å². The van der Waals surface area contributed by atoms with Crippen molar-refractivity contribution in [1.29, 1.82) is 0 Å². The lowest BCUT2D eigenvalue weighted by Gasteiger charge is -2.20. The molecule has 3 N–H and O–H groups in total. The molecule has 2 atom stereocenters. The van der Waals surface area contributed by atoms with Crippen molar-refractivity contribution in [2.75, 3.05) is 6.61 Å². The van der Waals surface area contributed by atoms with Gasteiger partial charge in [-0.3, -0.25) is 4.79 Å². The number of rotatable bonds is 47. The van der Waals surface area contributed by atoms with Gasteiger partial charge in [-0.1, -0.05) is 276 Å². The second-order valence-corrected chi connectivity index (χ2v) is 17.6. The average molecular weight is 776 g/mol.